The van der Waals surface area contributed by atoms with Crippen molar-refractivity contribution in [1.82, 2.24) is 9.97 Å². The molecule has 0 fully saturated rings. The molecule has 0 bridgehead atoms. The lowest BCUT2D eigenvalue weighted by atomic mass is 9.67. The van der Waals surface area contributed by atoms with Gasteiger partial charge in [0.05, 0.1) is 16.8 Å². The van der Waals surface area contributed by atoms with Crippen LogP contribution in [0.4, 0.5) is 0 Å². The molecule has 1 heterocycles. The van der Waals surface area contributed by atoms with Crippen LogP contribution in [0.1, 0.15) is 22.3 Å². The first-order valence-corrected chi connectivity index (χ1v) is 23.7. The maximum atomic E-state index is 5.37. The Kier molecular flexibility index (Phi) is 9.77. The van der Waals surface area contributed by atoms with E-state index in [0.717, 1.165) is 55.5 Å². The molecule has 0 aliphatic heterocycles. The quantitative estimate of drug-likeness (QED) is 0.152. The standard InChI is InChI=1S/C67H44N2/c1-5-19-46(20-6-1)53-28-15-18-32-58(53)64-44-63(49-22-7-2-8-23-49)68-66(69-64)59-40-39-54(56-30-16-17-31-57(56)59)48-35-33-45(34-36-48)50-38-41-61-60(43-50)65-55-29-14-13-21-47(55)37-42-62(65)67(61,51-24-9-3-10-25-51)52-26-11-4-12-27-52/h1-44H. The van der Waals surface area contributed by atoms with Gasteiger partial charge in [0.15, 0.2) is 5.82 Å². The molecular formula is C67H44N2. The maximum absolute atomic E-state index is 5.37. The molecule has 2 nitrogen and oxygen atoms in total. The molecule has 0 radical (unpaired) electrons. The highest BCUT2D eigenvalue weighted by atomic mass is 14.9. The van der Waals surface area contributed by atoms with Crippen LogP contribution in [0.3, 0.4) is 0 Å². The van der Waals surface area contributed by atoms with E-state index in [1.807, 2.05) is 6.07 Å². The van der Waals surface area contributed by atoms with Crippen molar-refractivity contribution in [3.05, 3.63) is 289 Å². The van der Waals surface area contributed by atoms with Gasteiger partial charge in [-0.3, -0.25) is 0 Å². The fraction of sp³-hybridized carbons (Fsp3) is 0.0149. The van der Waals surface area contributed by atoms with E-state index in [0.29, 0.717) is 5.82 Å². The van der Waals surface area contributed by atoms with Gasteiger partial charge in [0.1, 0.15) is 0 Å². The molecule has 12 aromatic rings. The predicted molar refractivity (Wildman–Crippen MR) is 287 cm³/mol. The summed E-state index contributed by atoms with van der Waals surface area (Å²) < 4.78 is 0. The molecule has 2 heteroatoms. The highest BCUT2D eigenvalue weighted by molar-refractivity contribution is 6.06. The Morgan fingerprint density at radius 3 is 1.45 bits per heavy atom. The second kappa shape index (κ2) is 16.7. The van der Waals surface area contributed by atoms with Crippen molar-refractivity contribution in [2.75, 3.05) is 0 Å². The fourth-order valence-electron chi connectivity index (χ4n) is 11.1. The Morgan fingerprint density at radius 2 is 0.754 bits per heavy atom. The van der Waals surface area contributed by atoms with Gasteiger partial charge in [-0.25, -0.2) is 9.97 Å². The van der Waals surface area contributed by atoms with Gasteiger partial charge in [-0.1, -0.05) is 249 Å². The van der Waals surface area contributed by atoms with Crippen LogP contribution in [0.2, 0.25) is 0 Å². The van der Waals surface area contributed by atoms with Crippen molar-refractivity contribution >= 4 is 21.5 Å². The number of benzene rings is 11. The van der Waals surface area contributed by atoms with E-state index in [9.17, 15) is 0 Å². The van der Waals surface area contributed by atoms with Crippen LogP contribution in [0.25, 0.3) is 100.0 Å². The lowest BCUT2D eigenvalue weighted by Crippen LogP contribution is -2.28. The third-order valence-electron chi connectivity index (χ3n) is 14.2. The lowest BCUT2D eigenvalue weighted by molar-refractivity contribution is 0.769. The average molecular weight is 877 g/mol. The van der Waals surface area contributed by atoms with Crippen LogP contribution in [0.5, 0.6) is 0 Å². The molecule has 0 saturated carbocycles. The summed E-state index contributed by atoms with van der Waals surface area (Å²) in [6, 6.07) is 96.6. The number of hydrogen-bond acceptors (Lipinski definition) is 2. The molecule has 1 aromatic heterocycles. The predicted octanol–water partition coefficient (Wildman–Crippen LogP) is 17.1. The lowest BCUT2D eigenvalue weighted by Gasteiger charge is -2.34. The minimum atomic E-state index is -0.463. The fourth-order valence-corrected chi connectivity index (χ4v) is 11.1. The number of aromatic nitrogens is 2. The monoisotopic (exact) mass is 876 g/mol. The van der Waals surface area contributed by atoms with Gasteiger partial charge < -0.3 is 0 Å². The van der Waals surface area contributed by atoms with Gasteiger partial charge >= 0.3 is 0 Å². The Balaban J connectivity index is 0.918. The van der Waals surface area contributed by atoms with Gasteiger partial charge in [0.2, 0.25) is 0 Å². The van der Waals surface area contributed by atoms with Crippen LogP contribution >= 0.6 is 0 Å². The highest BCUT2D eigenvalue weighted by Crippen LogP contribution is 2.58. The maximum Gasteiger partial charge on any atom is 0.161 e. The molecule has 69 heavy (non-hydrogen) atoms. The molecule has 1 aliphatic carbocycles. The first-order valence-electron chi connectivity index (χ1n) is 23.7. The van der Waals surface area contributed by atoms with Gasteiger partial charge in [0, 0.05) is 16.7 Å². The second-order valence-corrected chi connectivity index (χ2v) is 18.0. The molecule has 0 unspecified atom stereocenters. The summed E-state index contributed by atoms with van der Waals surface area (Å²) in [5.74, 6) is 0.696. The Bertz CT molecular complexity index is 3820. The van der Waals surface area contributed by atoms with Crippen LogP contribution in [0.15, 0.2) is 267 Å². The van der Waals surface area contributed by atoms with E-state index < -0.39 is 5.41 Å². The summed E-state index contributed by atoms with van der Waals surface area (Å²) >= 11 is 0. The van der Waals surface area contributed by atoms with Gasteiger partial charge in [-0.2, -0.15) is 0 Å². The van der Waals surface area contributed by atoms with Crippen LogP contribution < -0.4 is 0 Å². The first kappa shape index (κ1) is 40.3. The van der Waals surface area contributed by atoms with Crippen molar-refractivity contribution < 1.29 is 0 Å². The van der Waals surface area contributed by atoms with Crippen molar-refractivity contribution in [2.24, 2.45) is 0 Å². The van der Waals surface area contributed by atoms with Crippen molar-refractivity contribution in [1.29, 1.82) is 0 Å². The van der Waals surface area contributed by atoms with Gasteiger partial charge in [-0.15, -0.1) is 0 Å². The summed E-state index contributed by atoms with van der Waals surface area (Å²) in [4.78, 5) is 10.7. The Hall–Kier alpha value is -8.98. The normalized spacial score (nSPS) is 12.5. The number of fused-ring (bicyclic) bond motifs is 6. The third-order valence-corrected chi connectivity index (χ3v) is 14.2. The molecular weight excluding hydrogens is 833 g/mol. The summed E-state index contributed by atoms with van der Waals surface area (Å²) in [7, 11) is 0. The molecule has 0 N–H and O–H groups in total. The Labute approximate surface area is 402 Å². The number of rotatable bonds is 8. The zero-order valence-corrected chi connectivity index (χ0v) is 37.8. The smallest absolute Gasteiger partial charge is 0.161 e. The molecule has 11 aromatic carbocycles. The minimum Gasteiger partial charge on any atom is -0.228 e. The van der Waals surface area contributed by atoms with Gasteiger partial charge in [-0.05, 0) is 107 Å². The van der Waals surface area contributed by atoms with Crippen molar-refractivity contribution in [2.45, 2.75) is 5.41 Å². The number of hydrogen-bond donors (Lipinski definition) is 0. The first-order chi connectivity index (χ1) is 34.2. The van der Waals surface area contributed by atoms with Gasteiger partial charge in [0.25, 0.3) is 0 Å². The SMILES string of the molecule is c1ccc(-c2cc(-c3ccccc3-c3ccccc3)nc(-c3ccc(-c4ccc(-c5ccc6c(c5)-c5c(ccc7ccccc57)C6(c5ccccc5)c5ccccc5)cc4)c4ccccc34)n2)cc1. The molecule has 322 valence electrons. The zero-order valence-electron chi connectivity index (χ0n) is 37.8. The molecule has 0 spiro atoms. The summed E-state index contributed by atoms with van der Waals surface area (Å²) in [6.07, 6.45) is 0. The second-order valence-electron chi connectivity index (χ2n) is 18.0. The molecule has 13 rings (SSSR count). The molecule has 0 saturated heterocycles. The molecule has 0 amide bonds. The van der Waals surface area contributed by atoms with E-state index in [4.69, 9.17) is 9.97 Å². The van der Waals surface area contributed by atoms with E-state index in [1.165, 1.54) is 60.8 Å². The van der Waals surface area contributed by atoms with Crippen LogP contribution in [-0.4, -0.2) is 9.97 Å². The largest absolute Gasteiger partial charge is 0.228 e. The minimum absolute atomic E-state index is 0.463. The zero-order chi connectivity index (χ0) is 45.7. The van der Waals surface area contributed by atoms with Crippen LogP contribution in [-0.2, 0) is 5.41 Å². The summed E-state index contributed by atoms with van der Waals surface area (Å²) in [6.45, 7) is 0. The topological polar surface area (TPSA) is 25.8 Å². The van der Waals surface area contributed by atoms with Crippen molar-refractivity contribution in [3.8, 4) is 78.4 Å². The third kappa shape index (κ3) is 6.72. The van der Waals surface area contributed by atoms with E-state index in [1.54, 1.807) is 0 Å². The van der Waals surface area contributed by atoms with E-state index >= 15 is 0 Å². The highest BCUT2D eigenvalue weighted by Gasteiger charge is 2.46. The van der Waals surface area contributed by atoms with E-state index in [2.05, 4.69) is 261 Å². The molecule has 1 aliphatic rings. The van der Waals surface area contributed by atoms with Crippen molar-refractivity contribution in [3.63, 3.8) is 0 Å². The van der Waals surface area contributed by atoms with Crippen LogP contribution in [0, 0.1) is 0 Å². The number of nitrogens with zero attached hydrogens (tertiary/aromatic N) is 2. The molecule has 0 atom stereocenters. The Morgan fingerprint density at radius 1 is 0.261 bits per heavy atom. The summed E-state index contributed by atoms with van der Waals surface area (Å²) in [5.41, 5.74) is 19.2. The summed E-state index contributed by atoms with van der Waals surface area (Å²) in [5, 5.41) is 4.79. The average Bonchev–Trinajstić information content (AvgIpc) is 3.74. The van der Waals surface area contributed by atoms with E-state index in [-0.39, 0.29) is 0 Å².